The second-order valence-corrected chi connectivity index (χ2v) is 5.42. The number of aromatic amines is 1. The van der Waals surface area contributed by atoms with Crippen molar-refractivity contribution in [2.75, 3.05) is 0 Å². The average molecular weight is 381 g/mol. The summed E-state index contributed by atoms with van der Waals surface area (Å²) in [5.74, 6) is 0.470. The smallest absolute Gasteiger partial charge is 0.264 e. The highest BCUT2D eigenvalue weighted by atomic mass is 127. The van der Waals surface area contributed by atoms with Crippen LogP contribution in [0.15, 0.2) is 23.0 Å². The topological polar surface area (TPSA) is 45.8 Å². The summed E-state index contributed by atoms with van der Waals surface area (Å²) in [6.45, 7) is 1.78. The van der Waals surface area contributed by atoms with Gasteiger partial charge in [0.15, 0.2) is 0 Å². The average Bonchev–Trinajstić information content (AvgIpc) is 2.23. The van der Waals surface area contributed by atoms with Crippen LogP contribution >= 0.6 is 45.8 Å². The predicted octanol–water partition coefficient (Wildman–Crippen LogP) is 3.66. The second-order valence-electron chi connectivity index (χ2n) is 3.47. The van der Waals surface area contributed by atoms with Crippen LogP contribution in [0, 0.1) is 10.5 Å². The first-order chi connectivity index (χ1) is 7.97. The Morgan fingerprint density at radius 2 is 1.82 bits per heavy atom. The summed E-state index contributed by atoms with van der Waals surface area (Å²) < 4.78 is 0.583. The van der Waals surface area contributed by atoms with E-state index in [0.29, 0.717) is 30.7 Å². The highest BCUT2D eigenvalue weighted by Crippen LogP contribution is 2.24. The third-order valence-corrected chi connectivity index (χ3v) is 3.87. The number of aromatic nitrogens is 2. The fraction of sp³-hybridized carbons (Fsp3) is 0.0909. The molecule has 2 aromatic rings. The normalized spacial score (nSPS) is 10.6. The van der Waals surface area contributed by atoms with Crippen LogP contribution in [0.1, 0.15) is 5.69 Å². The van der Waals surface area contributed by atoms with Crippen LogP contribution in [0.2, 0.25) is 10.0 Å². The first-order valence-electron chi connectivity index (χ1n) is 4.70. The number of rotatable bonds is 1. The molecular formula is C11H7Cl2IN2O. The standard InChI is InChI=1S/C11H7Cl2IN2O/c1-5-9(14)11(17)16-10(15-5)6-2-7(12)4-8(13)3-6/h2-4H,1H3,(H,15,16,17). The number of H-pyrrole nitrogens is 1. The molecule has 0 saturated carbocycles. The van der Waals surface area contributed by atoms with Crippen molar-refractivity contribution in [3.05, 3.63) is 47.9 Å². The van der Waals surface area contributed by atoms with Gasteiger partial charge in [0.25, 0.3) is 5.56 Å². The van der Waals surface area contributed by atoms with Gasteiger partial charge in [-0.1, -0.05) is 23.2 Å². The first-order valence-corrected chi connectivity index (χ1v) is 6.54. The minimum Gasteiger partial charge on any atom is -0.306 e. The molecule has 1 aromatic carbocycles. The van der Waals surface area contributed by atoms with Crippen molar-refractivity contribution in [3.63, 3.8) is 0 Å². The zero-order valence-electron chi connectivity index (χ0n) is 8.72. The van der Waals surface area contributed by atoms with Crippen molar-refractivity contribution in [2.45, 2.75) is 6.92 Å². The molecule has 0 spiro atoms. The van der Waals surface area contributed by atoms with E-state index >= 15 is 0 Å². The van der Waals surface area contributed by atoms with Crippen molar-refractivity contribution in [1.82, 2.24) is 9.97 Å². The van der Waals surface area contributed by atoms with E-state index in [-0.39, 0.29) is 5.56 Å². The van der Waals surface area contributed by atoms with Gasteiger partial charge >= 0.3 is 0 Å². The molecule has 88 valence electrons. The molecule has 1 N–H and O–H groups in total. The minimum atomic E-state index is -0.163. The molecule has 0 fully saturated rings. The summed E-state index contributed by atoms with van der Waals surface area (Å²) in [7, 11) is 0. The van der Waals surface area contributed by atoms with E-state index in [1.54, 1.807) is 25.1 Å². The van der Waals surface area contributed by atoms with Gasteiger partial charge in [0.2, 0.25) is 0 Å². The summed E-state index contributed by atoms with van der Waals surface area (Å²) in [5.41, 5.74) is 1.21. The van der Waals surface area contributed by atoms with Crippen LogP contribution in [-0.2, 0) is 0 Å². The van der Waals surface area contributed by atoms with E-state index in [9.17, 15) is 4.79 Å². The molecule has 2 rings (SSSR count). The van der Waals surface area contributed by atoms with Crippen molar-refractivity contribution in [1.29, 1.82) is 0 Å². The molecule has 0 aliphatic carbocycles. The lowest BCUT2D eigenvalue weighted by Gasteiger charge is -2.04. The zero-order chi connectivity index (χ0) is 12.6. The summed E-state index contributed by atoms with van der Waals surface area (Å²) in [5, 5.41) is 1.01. The van der Waals surface area contributed by atoms with Gasteiger partial charge in [-0.05, 0) is 47.7 Å². The van der Waals surface area contributed by atoms with E-state index in [0.717, 1.165) is 0 Å². The molecule has 3 nitrogen and oxygen atoms in total. The van der Waals surface area contributed by atoms with E-state index in [1.807, 2.05) is 22.6 Å². The second kappa shape index (κ2) is 4.96. The lowest BCUT2D eigenvalue weighted by atomic mass is 10.2. The van der Waals surface area contributed by atoms with Gasteiger partial charge in [0, 0.05) is 15.6 Å². The van der Waals surface area contributed by atoms with Gasteiger partial charge in [-0.2, -0.15) is 0 Å². The highest BCUT2D eigenvalue weighted by Gasteiger charge is 2.08. The number of hydrogen-bond acceptors (Lipinski definition) is 2. The number of aryl methyl sites for hydroxylation is 1. The number of nitrogens with one attached hydrogen (secondary N) is 1. The molecule has 0 radical (unpaired) electrons. The summed E-state index contributed by atoms with van der Waals surface area (Å²) >= 11 is 13.8. The number of hydrogen-bond donors (Lipinski definition) is 1. The van der Waals surface area contributed by atoms with Crippen molar-refractivity contribution in [2.24, 2.45) is 0 Å². The van der Waals surface area contributed by atoms with Crippen molar-refractivity contribution < 1.29 is 0 Å². The third kappa shape index (κ3) is 2.81. The molecule has 0 amide bonds. The summed E-state index contributed by atoms with van der Waals surface area (Å²) in [4.78, 5) is 18.6. The fourth-order valence-electron chi connectivity index (χ4n) is 1.40. The van der Waals surface area contributed by atoms with E-state index in [1.165, 1.54) is 0 Å². The maximum absolute atomic E-state index is 11.6. The van der Waals surface area contributed by atoms with Crippen molar-refractivity contribution in [3.8, 4) is 11.4 Å². The van der Waals surface area contributed by atoms with Gasteiger partial charge in [-0.15, -0.1) is 0 Å². The maximum atomic E-state index is 11.6. The largest absolute Gasteiger partial charge is 0.306 e. The number of benzene rings is 1. The Morgan fingerprint density at radius 1 is 1.24 bits per heavy atom. The molecule has 0 saturated heterocycles. The predicted molar refractivity (Wildman–Crippen MR) is 77.8 cm³/mol. The molecule has 6 heteroatoms. The van der Waals surface area contributed by atoms with E-state index in [4.69, 9.17) is 23.2 Å². The minimum absolute atomic E-state index is 0.163. The van der Waals surface area contributed by atoms with Crippen molar-refractivity contribution >= 4 is 45.8 Å². The molecular weight excluding hydrogens is 374 g/mol. The molecule has 17 heavy (non-hydrogen) atoms. The molecule has 0 bridgehead atoms. The Hall–Kier alpha value is -0.590. The SMILES string of the molecule is Cc1nc(-c2cc(Cl)cc(Cl)c2)[nH]c(=O)c1I. The van der Waals surface area contributed by atoms with Crippen LogP contribution < -0.4 is 5.56 Å². The molecule has 0 atom stereocenters. The van der Waals surface area contributed by atoms with Gasteiger partial charge in [-0.3, -0.25) is 4.79 Å². The van der Waals surface area contributed by atoms with Crippen LogP contribution in [-0.4, -0.2) is 9.97 Å². The lowest BCUT2D eigenvalue weighted by Crippen LogP contribution is -2.14. The molecule has 0 unspecified atom stereocenters. The fourth-order valence-corrected chi connectivity index (χ4v) is 2.18. The third-order valence-electron chi connectivity index (χ3n) is 2.16. The lowest BCUT2D eigenvalue weighted by molar-refractivity contribution is 1.05. The quantitative estimate of drug-likeness (QED) is 0.767. The number of nitrogens with zero attached hydrogens (tertiary/aromatic N) is 1. The van der Waals surface area contributed by atoms with Gasteiger partial charge in [0.05, 0.1) is 9.26 Å². The summed E-state index contributed by atoms with van der Waals surface area (Å²) in [6.07, 6.45) is 0. The van der Waals surface area contributed by atoms with Crippen LogP contribution in [0.3, 0.4) is 0 Å². The van der Waals surface area contributed by atoms with Crippen LogP contribution in [0.25, 0.3) is 11.4 Å². The molecule has 0 aliphatic heterocycles. The monoisotopic (exact) mass is 380 g/mol. The Balaban J connectivity index is 2.65. The Kier molecular flexibility index (Phi) is 3.75. The van der Waals surface area contributed by atoms with Crippen LogP contribution in [0.5, 0.6) is 0 Å². The maximum Gasteiger partial charge on any atom is 0.264 e. The molecule has 1 heterocycles. The Bertz CT molecular complexity index is 620. The van der Waals surface area contributed by atoms with E-state index < -0.39 is 0 Å². The molecule has 0 aliphatic rings. The molecule has 1 aromatic heterocycles. The van der Waals surface area contributed by atoms with Gasteiger partial charge in [0.1, 0.15) is 5.82 Å². The highest BCUT2D eigenvalue weighted by molar-refractivity contribution is 14.1. The first kappa shape index (κ1) is 12.9. The van der Waals surface area contributed by atoms with Gasteiger partial charge in [-0.25, -0.2) is 4.98 Å². The Morgan fingerprint density at radius 3 is 2.35 bits per heavy atom. The summed E-state index contributed by atoms with van der Waals surface area (Å²) in [6, 6.07) is 5.04. The zero-order valence-corrected chi connectivity index (χ0v) is 12.4. The van der Waals surface area contributed by atoms with Crippen LogP contribution in [0.4, 0.5) is 0 Å². The number of halogens is 3. The van der Waals surface area contributed by atoms with E-state index in [2.05, 4.69) is 9.97 Å². The Labute approximate surface area is 121 Å². The van der Waals surface area contributed by atoms with Gasteiger partial charge < -0.3 is 4.98 Å².